The molecular formula is C18H22N2O4S3. The Balaban J connectivity index is 1.51. The Hall–Kier alpha value is -1.58. The lowest BCUT2D eigenvalue weighted by molar-refractivity contribution is -0.120. The number of benzene rings is 1. The zero-order chi connectivity index (χ0) is 19.4. The van der Waals surface area contributed by atoms with E-state index in [0.29, 0.717) is 12.2 Å². The second-order valence-corrected chi connectivity index (χ2v) is 10.9. The minimum Gasteiger partial charge on any atom is -0.497 e. The number of hydrogen-bond acceptors (Lipinski definition) is 7. The molecule has 2 heterocycles. The molecule has 6 nitrogen and oxygen atoms in total. The topological polar surface area (TPSA) is 85.4 Å². The van der Waals surface area contributed by atoms with Crippen molar-refractivity contribution in [3.05, 3.63) is 35.3 Å². The number of thiazole rings is 1. The van der Waals surface area contributed by atoms with E-state index in [-0.39, 0.29) is 28.7 Å². The van der Waals surface area contributed by atoms with Gasteiger partial charge in [0.05, 0.1) is 29.6 Å². The molecule has 1 N–H and O–H groups in total. The van der Waals surface area contributed by atoms with E-state index in [9.17, 15) is 13.2 Å². The maximum atomic E-state index is 12.3. The molecule has 1 aromatic carbocycles. The average Bonchev–Trinajstić information content (AvgIpc) is 3.26. The minimum absolute atomic E-state index is 0.0490. The highest BCUT2D eigenvalue weighted by atomic mass is 32.2. The average molecular weight is 427 g/mol. The Morgan fingerprint density at radius 2 is 2.15 bits per heavy atom. The van der Waals surface area contributed by atoms with Crippen LogP contribution in [0.1, 0.15) is 19.0 Å². The van der Waals surface area contributed by atoms with Crippen LogP contribution in [-0.4, -0.2) is 49.2 Å². The van der Waals surface area contributed by atoms with E-state index in [1.807, 2.05) is 36.6 Å². The molecule has 146 valence electrons. The number of nitrogens with one attached hydrogen (secondary N) is 1. The van der Waals surface area contributed by atoms with Gasteiger partial charge in [0.2, 0.25) is 5.91 Å². The monoisotopic (exact) mass is 426 g/mol. The maximum absolute atomic E-state index is 12.3. The quantitative estimate of drug-likeness (QED) is 0.733. The van der Waals surface area contributed by atoms with Crippen LogP contribution in [-0.2, 0) is 20.4 Å². The molecule has 2 atom stereocenters. The smallest absolute Gasteiger partial charge is 0.233 e. The number of thioether (sulfide) groups is 1. The van der Waals surface area contributed by atoms with Crippen LogP contribution in [0.3, 0.4) is 0 Å². The van der Waals surface area contributed by atoms with E-state index >= 15 is 0 Å². The van der Waals surface area contributed by atoms with E-state index < -0.39 is 9.84 Å². The van der Waals surface area contributed by atoms with Crippen molar-refractivity contribution in [1.29, 1.82) is 0 Å². The first-order valence-electron chi connectivity index (χ1n) is 8.57. The van der Waals surface area contributed by atoms with Crippen LogP contribution >= 0.6 is 23.1 Å². The Morgan fingerprint density at radius 3 is 2.78 bits per heavy atom. The number of aromatic nitrogens is 1. The number of rotatable bonds is 7. The number of ether oxygens (including phenoxy) is 1. The minimum atomic E-state index is -2.99. The Kier molecular flexibility index (Phi) is 6.44. The van der Waals surface area contributed by atoms with E-state index in [2.05, 4.69) is 10.3 Å². The van der Waals surface area contributed by atoms with Gasteiger partial charge >= 0.3 is 0 Å². The van der Waals surface area contributed by atoms with Crippen molar-refractivity contribution in [2.75, 3.05) is 18.6 Å². The van der Waals surface area contributed by atoms with E-state index in [0.717, 1.165) is 22.0 Å². The highest BCUT2D eigenvalue weighted by molar-refractivity contribution is 7.99. The Morgan fingerprint density at radius 1 is 1.41 bits per heavy atom. The molecule has 0 spiro atoms. The Labute approximate surface area is 167 Å². The van der Waals surface area contributed by atoms with Gasteiger partial charge in [-0.25, -0.2) is 13.4 Å². The van der Waals surface area contributed by atoms with Gasteiger partial charge in [0.15, 0.2) is 9.84 Å². The van der Waals surface area contributed by atoms with Gasteiger partial charge in [-0.2, -0.15) is 0 Å². The summed E-state index contributed by atoms with van der Waals surface area (Å²) in [5.74, 6) is 1.53. The summed E-state index contributed by atoms with van der Waals surface area (Å²) in [6.07, 6.45) is 0.503. The maximum Gasteiger partial charge on any atom is 0.233 e. The van der Waals surface area contributed by atoms with Gasteiger partial charge in [-0.1, -0.05) is 0 Å². The van der Waals surface area contributed by atoms with E-state index in [1.165, 1.54) is 11.8 Å². The molecule has 1 aromatic heterocycles. The number of carbonyl (C=O) groups is 1. The summed E-state index contributed by atoms with van der Waals surface area (Å²) in [6, 6.07) is 7.49. The molecule has 27 heavy (non-hydrogen) atoms. The molecule has 9 heteroatoms. The molecule has 1 saturated heterocycles. The lowest BCUT2D eigenvalue weighted by atomic mass is 10.2. The van der Waals surface area contributed by atoms with Gasteiger partial charge in [-0.05, 0) is 37.6 Å². The fraction of sp³-hybridized carbons (Fsp3) is 0.444. The van der Waals surface area contributed by atoms with Gasteiger partial charge in [-0.3, -0.25) is 4.79 Å². The predicted octanol–water partition coefficient (Wildman–Crippen LogP) is 2.74. The van der Waals surface area contributed by atoms with Gasteiger partial charge in [0, 0.05) is 22.7 Å². The molecule has 2 unspecified atom stereocenters. The molecule has 0 saturated carbocycles. The second-order valence-electron chi connectivity index (χ2n) is 6.43. The number of hydrogen-bond donors (Lipinski definition) is 1. The van der Waals surface area contributed by atoms with Crippen molar-refractivity contribution >= 4 is 38.8 Å². The molecule has 1 aliphatic rings. The number of amides is 1. The fourth-order valence-corrected chi connectivity index (χ4v) is 6.15. The third-order valence-electron chi connectivity index (χ3n) is 4.32. The summed E-state index contributed by atoms with van der Waals surface area (Å²) < 4.78 is 28.1. The highest BCUT2D eigenvalue weighted by Gasteiger charge is 2.30. The van der Waals surface area contributed by atoms with Gasteiger partial charge in [0.25, 0.3) is 0 Å². The van der Waals surface area contributed by atoms with Crippen LogP contribution in [0.15, 0.2) is 29.6 Å². The zero-order valence-corrected chi connectivity index (χ0v) is 17.6. The summed E-state index contributed by atoms with van der Waals surface area (Å²) >= 11 is 3.07. The van der Waals surface area contributed by atoms with Gasteiger partial charge in [0.1, 0.15) is 10.8 Å². The van der Waals surface area contributed by atoms with Crippen LogP contribution in [0, 0.1) is 0 Å². The van der Waals surface area contributed by atoms with Crippen molar-refractivity contribution in [2.24, 2.45) is 0 Å². The summed E-state index contributed by atoms with van der Waals surface area (Å²) in [5, 5.41) is 5.51. The SMILES string of the molecule is COc1ccc(-c2nc(CSC(C)C(=O)NC3CCS(=O)(=O)C3)cs2)cc1. The third-order valence-corrected chi connectivity index (χ3v) is 8.20. The largest absolute Gasteiger partial charge is 0.497 e. The number of carbonyl (C=O) groups excluding carboxylic acids is 1. The molecular weight excluding hydrogens is 404 g/mol. The van der Waals surface area contributed by atoms with Crippen LogP contribution in [0.25, 0.3) is 10.6 Å². The lowest BCUT2D eigenvalue weighted by Gasteiger charge is -2.15. The number of sulfone groups is 1. The van der Waals surface area contributed by atoms with Crippen molar-refractivity contribution in [3.8, 4) is 16.3 Å². The Bertz CT molecular complexity index is 894. The van der Waals surface area contributed by atoms with Gasteiger partial charge in [-0.15, -0.1) is 23.1 Å². The first-order valence-corrected chi connectivity index (χ1v) is 12.3. The molecule has 1 fully saturated rings. The summed E-state index contributed by atoms with van der Waals surface area (Å²) in [6.45, 7) is 1.83. The molecule has 2 aromatic rings. The molecule has 3 rings (SSSR count). The first kappa shape index (κ1) is 20.2. The summed E-state index contributed by atoms with van der Waals surface area (Å²) in [5.41, 5.74) is 1.96. The zero-order valence-electron chi connectivity index (χ0n) is 15.2. The van der Waals surface area contributed by atoms with Crippen molar-refractivity contribution in [3.63, 3.8) is 0 Å². The highest BCUT2D eigenvalue weighted by Crippen LogP contribution is 2.28. The van der Waals surface area contributed by atoms with Crippen LogP contribution in [0.4, 0.5) is 0 Å². The van der Waals surface area contributed by atoms with Crippen LogP contribution in [0.5, 0.6) is 5.75 Å². The molecule has 0 aliphatic carbocycles. The third kappa shape index (κ3) is 5.46. The molecule has 0 radical (unpaired) electrons. The fourth-order valence-electron chi connectivity index (χ4n) is 2.75. The second kappa shape index (κ2) is 8.62. The van der Waals surface area contributed by atoms with E-state index in [4.69, 9.17) is 4.74 Å². The van der Waals surface area contributed by atoms with Crippen LogP contribution in [0.2, 0.25) is 0 Å². The van der Waals surface area contributed by atoms with Crippen molar-refractivity contribution < 1.29 is 17.9 Å². The molecule has 0 bridgehead atoms. The summed E-state index contributed by atoms with van der Waals surface area (Å²) in [7, 11) is -1.35. The van der Waals surface area contributed by atoms with Crippen molar-refractivity contribution in [2.45, 2.75) is 30.4 Å². The lowest BCUT2D eigenvalue weighted by Crippen LogP contribution is -2.40. The van der Waals surface area contributed by atoms with Crippen molar-refractivity contribution in [1.82, 2.24) is 10.3 Å². The number of nitrogens with zero attached hydrogens (tertiary/aromatic N) is 1. The van der Waals surface area contributed by atoms with Crippen LogP contribution < -0.4 is 10.1 Å². The summed E-state index contributed by atoms with van der Waals surface area (Å²) in [4.78, 5) is 16.9. The molecule has 1 amide bonds. The molecule has 1 aliphatic heterocycles. The van der Waals surface area contributed by atoms with E-state index in [1.54, 1.807) is 18.4 Å². The normalized spacial score (nSPS) is 19.6. The standard InChI is InChI=1S/C18H22N2O4S3/c1-12(17(21)19-14-7-8-27(22,23)11-14)25-9-15-10-26-18(20-15)13-3-5-16(24-2)6-4-13/h3-6,10,12,14H,7-9,11H2,1-2H3,(H,19,21). The number of methoxy groups -OCH3 is 1. The first-order chi connectivity index (χ1) is 12.9. The predicted molar refractivity (Wildman–Crippen MR) is 110 cm³/mol. The van der Waals surface area contributed by atoms with Gasteiger partial charge < -0.3 is 10.1 Å².